The lowest BCUT2D eigenvalue weighted by atomic mass is 10.1. The summed E-state index contributed by atoms with van der Waals surface area (Å²) < 4.78 is 6.58. The van der Waals surface area contributed by atoms with Gasteiger partial charge in [-0.05, 0) is 42.7 Å². The van der Waals surface area contributed by atoms with Crippen LogP contribution in [-0.4, -0.2) is 26.5 Å². The average molecular weight is 371 g/mol. The molecule has 0 radical (unpaired) electrons. The van der Waals surface area contributed by atoms with Crippen molar-refractivity contribution in [2.45, 2.75) is 31.3 Å². The molecule has 3 aromatic rings. The number of amides is 1. The topological polar surface area (TPSA) is 99.0 Å². The maximum absolute atomic E-state index is 12.1. The molecule has 0 saturated carbocycles. The SMILES string of the molecule is CCCCc1ccc(NC(=O)CSc2nnc(-c3ccco3)n2N)cc1. The third kappa shape index (κ3) is 4.45. The van der Waals surface area contributed by atoms with Gasteiger partial charge in [-0.2, -0.15) is 0 Å². The zero-order chi connectivity index (χ0) is 18.4. The first-order valence-corrected chi connectivity index (χ1v) is 9.42. The Kier molecular flexibility index (Phi) is 5.96. The molecule has 0 aliphatic rings. The maximum atomic E-state index is 12.1. The van der Waals surface area contributed by atoms with Gasteiger partial charge in [-0.25, -0.2) is 4.68 Å². The summed E-state index contributed by atoms with van der Waals surface area (Å²) in [4.78, 5) is 12.1. The number of rotatable bonds is 8. The van der Waals surface area contributed by atoms with Crippen LogP contribution in [0.2, 0.25) is 0 Å². The number of benzene rings is 1. The van der Waals surface area contributed by atoms with E-state index >= 15 is 0 Å². The van der Waals surface area contributed by atoms with Crippen molar-refractivity contribution in [2.24, 2.45) is 0 Å². The largest absolute Gasteiger partial charge is 0.461 e. The van der Waals surface area contributed by atoms with E-state index in [1.807, 2.05) is 24.3 Å². The Balaban J connectivity index is 1.53. The fourth-order valence-corrected chi connectivity index (χ4v) is 3.07. The molecular formula is C18H21N5O2S. The van der Waals surface area contributed by atoms with Gasteiger partial charge in [0.2, 0.25) is 16.9 Å². The lowest BCUT2D eigenvalue weighted by molar-refractivity contribution is -0.113. The number of hydrogen-bond donors (Lipinski definition) is 2. The van der Waals surface area contributed by atoms with E-state index in [-0.39, 0.29) is 11.7 Å². The van der Waals surface area contributed by atoms with Crippen molar-refractivity contribution in [3.8, 4) is 11.6 Å². The van der Waals surface area contributed by atoms with Gasteiger partial charge in [0, 0.05) is 5.69 Å². The minimum Gasteiger partial charge on any atom is -0.461 e. The minimum absolute atomic E-state index is 0.126. The molecule has 0 aliphatic heterocycles. The predicted molar refractivity (Wildman–Crippen MR) is 102 cm³/mol. The van der Waals surface area contributed by atoms with Gasteiger partial charge in [-0.1, -0.05) is 37.2 Å². The number of thioether (sulfide) groups is 1. The molecule has 0 saturated heterocycles. The van der Waals surface area contributed by atoms with Crippen molar-refractivity contribution in [3.05, 3.63) is 48.2 Å². The molecule has 1 amide bonds. The first-order valence-electron chi connectivity index (χ1n) is 8.43. The summed E-state index contributed by atoms with van der Waals surface area (Å²) in [5.41, 5.74) is 2.06. The van der Waals surface area contributed by atoms with Gasteiger partial charge in [-0.3, -0.25) is 4.79 Å². The second-order valence-electron chi connectivity index (χ2n) is 5.79. The summed E-state index contributed by atoms with van der Waals surface area (Å²) in [5, 5.41) is 11.3. The molecule has 1 aromatic carbocycles. The van der Waals surface area contributed by atoms with Crippen LogP contribution in [0.25, 0.3) is 11.6 Å². The second-order valence-corrected chi connectivity index (χ2v) is 6.73. The number of nitrogens with two attached hydrogens (primary N) is 1. The first-order chi connectivity index (χ1) is 12.7. The molecule has 136 valence electrons. The van der Waals surface area contributed by atoms with Gasteiger partial charge in [0.15, 0.2) is 5.76 Å². The van der Waals surface area contributed by atoms with Gasteiger partial charge < -0.3 is 15.6 Å². The summed E-state index contributed by atoms with van der Waals surface area (Å²) in [6, 6.07) is 11.4. The molecule has 7 nitrogen and oxygen atoms in total. The molecule has 0 bridgehead atoms. The molecule has 0 fully saturated rings. The lowest BCUT2D eigenvalue weighted by Gasteiger charge is -2.06. The molecule has 0 spiro atoms. The number of aromatic nitrogens is 3. The molecule has 0 aliphatic carbocycles. The number of carbonyl (C=O) groups is 1. The summed E-state index contributed by atoms with van der Waals surface area (Å²) in [5.74, 6) is 6.97. The van der Waals surface area contributed by atoms with Gasteiger partial charge in [-0.15, -0.1) is 10.2 Å². The highest BCUT2D eigenvalue weighted by molar-refractivity contribution is 7.99. The number of aryl methyl sites for hydroxylation is 1. The van der Waals surface area contributed by atoms with Gasteiger partial charge in [0.25, 0.3) is 0 Å². The Morgan fingerprint density at radius 2 is 2.08 bits per heavy atom. The number of nitrogens with zero attached hydrogens (tertiary/aromatic N) is 3. The zero-order valence-corrected chi connectivity index (χ0v) is 15.3. The van der Waals surface area contributed by atoms with E-state index < -0.39 is 0 Å². The minimum atomic E-state index is -0.126. The van der Waals surface area contributed by atoms with Crippen molar-refractivity contribution in [2.75, 3.05) is 16.9 Å². The Bertz CT molecular complexity index is 843. The van der Waals surface area contributed by atoms with E-state index in [1.165, 1.54) is 41.1 Å². The highest BCUT2D eigenvalue weighted by Crippen LogP contribution is 2.22. The second kappa shape index (κ2) is 8.57. The van der Waals surface area contributed by atoms with Gasteiger partial charge in [0.05, 0.1) is 12.0 Å². The molecule has 3 rings (SSSR count). The van der Waals surface area contributed by atoms with E-state index in [9.17, 15) is 4.79 Å². The molecule has 0 unspecified atom stereocenters. The normalized spacial score (nSPS) is 10.8. The van der Waals surface area contributed by atoms with Crippen molar-refractivity contribution in [1.29, 1.82) is 0 Å². The standard InChI is InChI=1S/C18H21N5O2S/c1-2-3-5-13-7-9-14(10-8-13)20-16(24)12-26-18-22-21-17(23(18)19)15-6-4-11-25-15/h4,6-11H,2-3,5,12,19H2,1H3,(H,20,24). The highest BCUT2D eigenvalue weighted by Gasteiger charge is 2.15. The smallest absolute Gasteiger partial charge is 0.234 e. The van der Waals surface area contributed by atoms with Crippen LogP contribution < -0.4 is 11.2 Å². The summed E-state index contributed by atoms with van der Waals surface area (Å²) in [7, 11) is 0. The number of carbonyl (C=O) groups excluding carboxylic acids is 1. The van der Waals surface area contributed by atoms with E-state index in [4.69, 9.17) is 10.3 Å². The fourth-order valence-electron chi connectivity index (χ4n) is 2.41. The van der Waals surface area contributed by atoms with E-state index in [2.05, 4.69) is 22.4 Å². The third-order valence-corrected chi connectivity index (χ3v) is 4.74. The van der Waals surface area contributed by atoms with Crippen LogP contribution in [0.15, 0.2) is 52.2 Å². The molecule has 3 N–H and O–H groups in total. The van der Waals surface area contributed by atoms with Crippen LogP contribution in [0.4, 0.5) is 5.69 Å². The first kappa shape index (κ1) is 18.1. The van der Waals surface area contributed by atoms with Crippen molar-refractivity contribution >= 4 is 23.4 Å². The summed E-state index contributed by atoms with van der Waals surface area (Å²) >= 11 is 1.22. The van der Waals surface area contributed by atoms with Crippen LogP contribution in [0, 0.1) is 0 Å². The quantitative estimate of drug-likeness (QED) is 0.465. The highest BCUT2D eigenvalue weighted by atomic mass is 32.2. The Morgan fingerprint density at radius 1 is 1.27 bits per heavy atom. The number of nitrogen functional groups attached to an aromatic ring is 1. The van der Waals surface area contributed by atoms with Crippen LogP contribution >= 0.6 is 11.8 Å². The Labute approximate surface area is 156 Å². The Morgan fingerprint density at radius 3 is 2.77 bits per heavy atom. The fraction of sp³-hybridized carbons (Fsp3) is 0.278. The molecule has 26 heavy (non-hydrogen) atoms. The predicted octanol–water partition coefficient (Wildman–Crippen LogP) is 3.33. The number of hydrogen-bond acceptors (Lipinski definition) is 6. The van der Waals surface area contributed by atoms with Crippen molar-refractivity contribution < 1.29 is 9.21 Å². The summed E-state index contributed by atoms with van der Waals surface area (Å²) in [6.45, 7) is 2.17. The molecule has 0 atom stereocenters. The Hall–Kier alpha value is -2.74. The van der Waals surface area contributed by atoms with E-state index in [0.29, 0.717) is 16.7 Å². The lowest BCUT2D eigenvalue weighted by Crippen LogP contribution is -2.16. The number of furan rings is 1. The van der Waals surface area contributed by atoms with E-state index in [1.54, 1.807) is 12.1 Å². The van der Waals surface area contributed by atoms with Gasteiger partial charge >= 0.3 is 0 Å². The average Bonchev–Trinajstić information content (AvgIpc) is 3.29. The van der Waals surface area contributed by atoms with Crippen molar-refractivity contribution in [1.82, 2.24) is 14.9 Å². The van der Waals surface area contributed by atoms with Gasteiger partial charge in [0.1, 0.15) is 0 Å². The number of anilines is 1. The zero-order valence-electron chi connectivity index (χ0n) is 14.5. The van der Waals surface area contributed by atoms with Crippen molar-refractivity contribution in [3.63, 3.8) is 0 Å². The third-order valence-electron chi connectivity index (χ3n) is 3.80. The van der Waals surface area contributed by atoms with Crippen LogP contribution in [0.3, 0.4) is 0 Å². The molecule has 2 aromatic heterocycles. The number of unbranched alkanes of at least 4 members (excludes halogenated alkanes) is 1. The van der Waals surface area contributed by atoms with Crippen LogP contribution in [0.5, 0.6) is 0 Å². The molecule has 8 heteroatoms. The monoisotopic (exact) mass is 371 g/mol. The molecular weight excluding hydrogens is 350 g/mol. The van der Waals surface area contributed by atoms with Crippen LogP contribution in [0.1, 0.15) is 25.3 Å². The van der Waals surface area contributed by atoms with Crippen LogP contribution in [-0.2, 0) is 11.2 Å². The molecule has 2 heterocycles. The van der Waals surface area contributed by atoms with E-state index in [0.717, 1.165) is 12.1 Å². The maximum Gasteiger partial charge on any atom is 0.234 e. The number of nitrogens with one attached hydrogen (secondary N) is 1. The summed E-state index contributed by atoms with van der Waals surface area (Å²) in [6.07, 6.45) is 4.94.